The van der Waals surface area contributed by atoms with E-state index in [0.717, 1.165) is 24.3 Å². The highest BCUT2D eigenvalue weighted by Gasteiger charge is 2.51. The second-order valence-electron chi connectivity index (χ2n) is 10.5. The summed E-state index contributed by atoms with van der Waals surface area (Å²) in [5.41, 5.74) is 0.540. The molecule has 176 valence electrons. The highest BCUT2D eigenvalue weighted by atomic mass is 32.2. The summed E-state index contributed by atoms with van der Waals surface area (Å²) in [5.74, 6) is 2.70. The van der Waals surface area contributed by atoms with Crippen molar-refractivity contribution >= 4 is 15.9 Å². The molecule has 1 saturated heterocycles. The smallest absolute Gasteiger partial charge is 0.257 e. The molecule has 1 aliphatic heterocycles. The Morgan fingerprint density at radius 2 is 1.72 bits per heavy atom. The monoisotopic (exact) mass is 462 g/mol. The third kappa shape index (κ3) is 3.94. The van der Waals surface area contributed by atoms with Crippen LogP contribution < -0.4 is 4.74 Å². The Morgan fingerprint density at radius 1 is 1.12 bits per heavy atom. The van der Waals surface area contributed by atoms with Gasteiger partial charge in [0, 0.05) is 26.7 Å². The Bertz CT molecular complexity index is 951. The maximum atomic E-state index is 13.5. The van der Waals surface area contributed by atoms with Crippen molar-refractivity contribution in [2.45, 2.75) is 43.4 Å². The molecule has 0 atom stereocenters. The standard InChI is InChI=1S/C24H34N2O5S/c1-25(16-24-13-17-9-18(14-24)11-19(10-17)15-24)23(27)21-12-20(3-4-22(21)30-2)32(28,29)26-5-7-31-8-6-26/h3-4,12,17-19H,5-11,13-16H2,1-2H3. The summed E-state index contributed by atoms with van der Waals surface area (Å²) in [5, 5.41) is 0. The Morgan fingerprint density at radius 3 is 2.28 bits per heavy atom. The molecule has 0 radical (unpaired) electrons. The first kappa shape index (κ1) is 22.2. The van der Waals surface area contributed by atoms with E-state index >= 15 is 0 Å². The Balaban J connectivity index is 1.38. The first-order valence-corrected chi connectivity index (χ1v) is 13.2. The van der Waals surface area contributed by atoms with Crippen molar-refractivity contribution in [3.63, 3.8) is 0 Å². The van der Waals surface area contributed by atoms with E-state index in [9.17, 15) is 13.2 Å². The fourth-order valence-corrected chi connectivity index (χ4v) is 8.65. The number of benzene rings is 1. The molecule has 5 fully saturated rings. The van der Waals surface area contributed by atoms with Gasteiger partial charge in [-0.2, -0.15) is 4.31 Å². The average molecular weight is 463 g/mol. The van der Waals surface area contributed by atoms with Gasteiger partial charge in [0.2, 0.25) is 10.0 Å². The molecule has 0 spiro atoms. The van der Waals surface area contributed by atoms with Crippen LogP contribution in [0.1, 0.15) is 48.9 Å². The number of hydrogen-bond acceptors (Lipinski definition) is 5. The van der Waals surface area contributed by atoms with E-state index in [1.54, 1.807) is 11.0 Å². The van der Waals surface area contributed by atoms with Crippen molar-refractivity contribution in [2.75, 3.05) is 47.0 Å². The molecule has 4 aliphatic carbocycles. The molecule has 6 rings (SSSR count). The van der Waals surface area contributed by atoms with Crippen LogP contribution in [0.2, 0.25) is 0 Å². The molecular formula is C24H34N2O5S. The predicted octanol–water partition coefficient (Wildman–Crippen LogP) is 3.00. The van der Waals surface area contributed by atoms with Crippen LogP contribution in [-0.4, -0.2) is 70.5 Å². The number of rotatable bonds is 6. The lowest BCUT2D eigenvalue weighted by atomic mass is 9.49. The third-order valence-corrected chi connectivity index (χ3v) is 9.99. The minimum Gasteiger partial charge on any atom is -0.496 e. The molecule has 1 aromatic carbocycles. The molecule has 0 unspecified atom stereocenters. The quantitative estimate of drug-likeness (QED) is 0.650. The Labute approximate surface area is 191 Å². The van der Waals surface area contributed by atoms with Crippen LogP contribution in [0.25, 0.3) is 0 Å². The summed E-state index contributed by atoms with van der Waals surface area (Å²) >= 11 is 0. The van der Waals surface area contributed by atoms with Gasteiger partial charge in [0.1, 0.15) is 5.75 Å². The maximum absolute atomic E-state index is 13.5. The minimum atomic E-state index is -3.69. The van der Waals surface area contributed by atoms with Gasteiger partial charge < -0.3 is 14.4 Å². The molecule has 1 amide bonds. The van der Waals surface area contributed by atoms with Crippen molar-refractivity contribution < 1.29 is 22.7 Å². The van der Waals surface area contributed by atoms with Gasteiger partial charge in [0.15, 0.2) is 0 Å². The van der Waals surface area contributed by atoms with Crippen LogP contribution >= 0.6 is 0 Å². The summed E-state index contributed by atoms with van der Waals surface area (Å²) in [6.45, 7) is 2.15. The highest BCUT2D eigenvalue weighted by molar-refractivity contribution is 7.89. The third-order valence-electron chi connectivity index (χ3n) is 8.09. The van der Waals surface area contributed by atoms with Crippen LogP contribution in [0.5, 0.6) is 5.75 Å². The molecule has 5 aliphatic rings. The average Bonchev–Trinajstić information content (AvgIpc) is 2.77. The van der Waals surface area contributed by atoms with Gasteiger partial charge >= 0.3 is 0 Å². The molecule has 32 heavy (non-hydrogen) atoms. The highest BCUT2D eigenvalue weighted by Crippen LogP contribution is 2.60. The molecule has 1 heterocycles. The zero-order valence-electron chi connectivity index (χ0n) is 19.1. The number of carbonyl (C=O) groups is 1. The second-order valence-corrected chi connectivity index (χ2v) is 12.4. The van der Waals surface area contributed by atoms with E-state index < -0.39 is 10.0 Å². The summed E-state index contributed by atoms with van der Waals surface area (Å²) in [7, 11) is -0.319. The largest absolute Gasteiger partial charge is 0.496 e. The number of amides is 1. The molecular weight excluding hydrogens is 428 g/mol. The molecule has 7 nitrogen and oxygen atoms in total. The molecule has 4 saturated carbocycles. The van der Waals surface area contributed by atoms with E-state index in [0.29, 0.717) is 37.6 Å². The first-order valence-electron chi connectivity index (χ1n) is 11.8. The summed E-state index contributed by atoms with van der Waals surface area (Å²) in [4.78, 5) is 15.5. The number of ether oxygens (including phenoxy) is 2. The van der Waals surface area contributed by atoms with Crippen molar-refractivity contribution in [1.82, 2.24) is 9.21 Å². The van der Waals surface area contributed by atoms with Crippen LogP contribution in [0.3, 0.4) is 0 Å². The lowest BCUT2D eigenvalue weighted by molar-refractivity contribution is -0.0629. The van der Waals surface area contributed by atoms with Gasteiger partial charge in [-0.05, 0) is 79.9 Å². The summed E-state index contributed by atoms with van der Waals surface area (Å²) in [6.07, 6.45) is 7.77. The van der Waals surface area contributed by atoms with Gasteiger partial charge in [-0.1, -0.05) is 0 Å². The number of hydrogen-bond donors (Lipinski definition) is 0. The normalized spacial score (nSPS) is 32.1. The number of methoxy groups -OCH3 is 1. The Hall–Kier alpha value is -1.64. The van der Waals surface area contributed by atoms with E-state index in [1.165, 1.54) is 62.1 Å². The minimum absolute atomic E-state index is 0.131. The first-order chi connectivity index (χ1) is 15.3. The zero-order valence-corrected chi connectivity index (χ0v) is 19.9. The van der Waals surface area contributed by atoms with Crippen molar-refractivity contribution in [2.24, 2.45) is 23.2 Å². The van der Waals surface area contributed by atoms with Crippen LogP contribution in [0.15, 0.2) is 23.1 Å². The maximum Gasteiger partial charge on any atom is 0.257 e. The summed E-state index contributed by atoms with van der Waals surface area (Å²) < 4.78 is 38.4. The van der Waals surface area contributed by atoms with Gasteiger partial charge in [-0.3, -0.25) is 4.79 Å². The van der Waals surface area contributed by atoms with E-state index in [2.05, 4.69) is 0 Å². The number of morpholine rings is 1. The molecule has 0 aromatic heterocycles. The fourth-order valence-electron chi connectivity index (χ4n) is 7.21. The second kappa shape index (κ2) is 8.29. The molecule has 4 bridgehead atoms. The zero-order chi connectivity index (χ0) is 22.5. The van der Waals surface area contributed by atoms with E-state index in [1.807, 2.05) is 7.05 Å². The van der Waals surface area contributed by atoms with E-state index in [-0.39, 0.29) is 16.2 Å². The van der Waals surface area contributed by atoms with E-state index in [4.69, 9.17) is 9.47 Å². The van der Waals surface area contributed by atoms with Gasteiger partial charge in [0.05, 0.1) is 30.8 Å². The fraction of sp³-hybridized carbons (Fsp3) is 0.708. The Kier molecular flexibility index (Phi) is 5.75. The predicted molar refractivity (Wildman–Crippen MR) is 120 cm³/mol. The molecule has 8 heteroatoms. The van der Waals surface area contributed by atoms with Crippen molar-refractivity contribution in [3.8, 4) is 5.75 Å². The lowest BCUT2D eigenvalue weighted by Crippen LogP contribution is -2.51. The number of sulfonamides is 1. The van der Waals surface area contributed by atoms with Crippen LogP contribution in [0.4, 0.5) is 0 Å². The van der Waals surface area contributed by atoms with Gasteiger partial charge in [-0.25, -0.2) is 8.42 Å². The van der Waals surface area contributed by atoms with Crippen LogP contribution in [0, 0.1) is 23.2 Å². The lowest BCUT2D eigenvalue weighted by Gasteiger charge is -2.57. The SMILES string of the molecule is COc1ccc(S(=O)(=O)N2CCOCC2)cc1C(=O)N(C)CC12CC3CC(CC(C3)C1)C2. The summed E-state index contributed by atoms with van der Waals surface area (Å²) in [6, 6.07) is 4.61. The van der Waals surface area contributed by atoms with Crippen molar-refractivity contribution in [3.05, 3.63) is 23.8 Å². The van der Waals surface area contributed by atoms with Crippen LogP contribution in [-0.2, 0) is 14.8 Å². The molecule has 0 N–H and O–H groups in total. The van der Waals surface area contributed by atoms with Gasteiger partial charge in [-0.15, -0.1) is 0 Å². The van der Waals surface area contributed by atoms with Gasteiger partial charge in [0.25, 0.3) is 5.91 Å². The van der Waals surface area contributed by atoms with Crippen molar-refractivity contribution in [1.29, 1.82) is 0 Å². The number of nitrogens with zero attached hydrogens (tertiary/aromatic N) is 2. The number of carbonyl (C=O) groups excluding carboxylic acids is 1. The topological polar surface area (TPSA) is 76.1 Å². The molecule has 1 aromatic rings.